The molecular weight excluding hydrogens is 287 g/mol. The van der Waals surface area contributed by atoms with Crippen molar-refractivity contribution < 1.29 is 42.2 Å². The quantitative estimate of drug-likeness (QED) is 0.737. The van der Waals surface area contributed by atoms with Crippen LogP contribution in [0.4, 0.5) is 4.70 Å². The molecule has 4 heteroatoms. The second-order valence-corrected chi connectivity index (χ2v) is 8.48. The third-order valence-electron chi connectivity index (χ3n) is 1.46. The van der Waals surface area contributed by atoms with Crippen LogP contribution in [-0.4, -0.2) is 29.2 Å². The Bertz CT molecular complexity index is 83.1. The molecule has 74 valence electrons. The summed E-state index contributed by atoms with van der Waals surface area (Å²) in [6.45, 7) is 7.08. The molecular formula is C8H21FN2Nd. The van der Waals surface area contributed by atoms with E-state index in [9.17, 15) is 0 Å². The largest absolute Gasteiger partial charge is 0.269 e. The predicted molar refractivity (Wildman–Crippen MR) is 48.3 cm³/mol. The van der Waals surface area contributed by atoms with Gasteiger partial charge in [0, 0.05) is 0 Å². The molecule has 0 radical (unpaired) electrons. The second-order valence-electron chi connectivity index (χ2n) is 2.94. The molecule has 2 nitrogen and oxygen atoms in total. The second kappa shape index (κ2) is 10.3. The van der Waals surface area contributed by atoms with Crippen molar-refractivity contribution in [3.63, 3.8) is 0 Å². The van der Waals surface area contributed by atoms with Crippen LogP contribution in [-0.2, 0) is 0 Å². The number of rotatable bonds is 6. The Kier molecular flexibility index (Phi) is 13.4. The van der Waals surface area contributed by atoms with Crippen LogP contribution < -0.4 is 0 Å². The molecule has 0 saturated carbocycles. The minimum absolute atomic E-state index is 0. The third kappa shape index (κ3) is 9.29. The molecule has 0 aliphatic carbocycles. The smallest absolute Gasteiger partial charge is 0.269 e. The van der Waals surface area contributed by atoms with Crippen molar-refractivity contribution >= 4 is 0 Å². The van der Waals surface area contributed by atoms with Gasteiger partial charge in [0.25, 0.3) is 0 Å². The minimum atomic E-state index is -0.573. The average molecular weight is 309 g/mol. The SMILES string of the molecule is CCC[N](C)[Nd][N](C)CCC.F. The van der Waals surface area contributed by atoms with Crippen molar-refractivity contribution in [3.8, 4) is 0 Å². The Morgan fingerprint density at radius 2 is 1.25 bits per heavy atom. The first-order chi connectivity index (χ1) is 5.20. The monoisotopic (exact) mass is 306 g/mol. The first kappa shape index (κ1) is 15.7. The molecule has 0 N–H and O–H groups in total. The average Bonchev–Trinajstić information content (AvgIpc) is 1.87. The van der Waals surface area contributed by atoms with Crippen molar-refractivity contribution in [2.24, 2.45) is 0 Å². The van der Waals surface area contributed by atoms with Gasteiger partial charge in [-0.25, -0.2) is 0 Å². The molecule has 0 bridgehead atoms. The molecule has 0 unspecified atom stereocenters. The van der Waals surface area contributed by atoms with E-state index in [-0.39, 0.29) is 4.70 Å². The van der Waals surface area contributed by atoms with E-state index >= 15 is 0 Å². The maximum Gasteiger partial charge on any atom is -0.269 e. The number of hydrogen-bond donors (Lipinski definition) is 0. The van der Waals surface area contributed by atoms with E-state index in [1.807, 2.05) is 0 Å². The fraction of sp³-hybridized carbons (Fsp3) is 1.00. The number of nitrogens with zero attached hydrogens (tertiary/aromatic N) is 2. The maximum absolute atomic E-state index is 2.55. The van der Waals surface area contributed by atoms with Gasteiger partial charge < -0.3 is 0 Å². The topological polar surface area (TPSA) is 6.48 Å². The summed E-state index contributed by atoms with van der Waals surface area (Å²) in [6, 6.07) is 0. The molecule has 0 fully saturated rings. The molecule has 0 atom stereocenters. The Labute approximate surface area is 97.1 Å². The normalized spacial score (nSPS) is 10.2. The van der Waals surface area contributed by atoms with Crippen molar-refractivity contribution in [1.82, 2.24) is 1.97 Å². The van der Waals surface area contributed by atoms with Crippen LogP contribution in [0.1, 0.15) is 26.7 Å². The van der Waals surface area contributed by atoms with Gasteiger partial charge in [0.15, 0.2) is 0 Å². The Hall–Kier alpha value is 1.20. The summed E-state index contributed by atoms with van der Waals surface area (Å²) in [7, 11) is 4.53. The molecule has 0 aromatic heterocycles. The van der Waals surface area contributed by atoms with Gasteiger partial charge in [0.2, 0.25) is 0 Å². The molecule has 0 aliphatic rings. The van der Waals surface area contributed by atoms with E-state index in [0.29, 0.717) is 0 Å². The third-order valence-corrected chi connectivity index (χ3v) is 5.08. The summed E-state index contributed by atoms with van der Waals surface area (Å²) in [6.07, 6.45) is 2.59. The van der Waals surface area contributed by atoms with Gasteiger partial charge >= 0.3 is 93.3 Å². The molecule has 0 saturated heterocycles. The van der Waals surface area contributed by atoms with Crippen molar-refractivity contribution in [2.45, 2.75) is 26.7 Å². The van der Waals surface area contributed by atoms with Gasteiger partial charge in [-0.1, -0.05) is 0 Å². The van der Waals surface area contributed by atoms with E-state index in [4.69, 9.17) is 0 Å². The summed E-state index contributed by atoms with van der Waals surface area (Å²) in [5.74, 6) is 0. The van der Waals surface area contributed by atoms with Crippen LogP contribution >= 0.6 is 0 Å². The predicted octanol–water partition coefficient (Wildman–Crippen LogP) is 1.74. The zero-order valence-electron chi connectivity index (χ0n) is 8.63. The molecule has 0 amide bonds. The van der Waals surface area contributed by atoms with Gasteiger partial charge in [0.05, 0.1) is 0 Å². The summed E-state index contributed by atoms with van der Waals surface area (Å²) in [5, 5.41) is 0. The zero-order chi connectivity index (χ0) is 8.69. The molecule has 12 heavy (non-hydrogen) atoms. The fourth-order valence-electron chi connectivity index (χ4n) is 1.06. The fourth-order valence-corrected chi connectivity index (χ4v) is 5.01. The molecule has 0 aromatic carbocycles. The van der Waals surface area contributed by atoms with Crippen LogP contribution in [0.15, 0.2) is 0 Å². The van der Waals surface area contributed by atoms with Crippen LogP contribution in [0.3, 0.4) is 0 Å². The van der Waals surface area contributed by atoms with Gasteiger partial charge in [-0.15, -0.1) is 0 Å². The number of halogens is 1. The van der Waals surface area contributed by atoms with E-state index in [2.05, 4.69) is 29.9 Å². The van der Waals surface area contributed by atoms with Crippen molar-refractivity contribution in [1.29, 1.82) is 0 Å². The maximum atomic E-state index is 2.55. The first-order valence-corrected chi connectivity index (χ1v) is 7.26. The standard InChI is InChI=1S/2C4H10N.FH.Nd/c2*1-3-4-5-2;;/h2*3-4H2,1-2H3;1H;/q2*-1;;+2. The summed E-state index contributed by atoms with van der Waals surface area (Å²) < 4.78 is 5.10. The molecule has 0 heterocycles. The van der Waals surface area contributed by atoms with Gasteiger partial charge in [-0.2, -0.15) is 0 Å². The first-order valence-electron chi connectivity index (χ1n) is 4.39. The van der Waals surface area contributed by atoms with Gasteiger partial charge in [-0.05, 0) is 0 Å². The zero-order valence-corrected chi connectivity index (χ0v) is 11.8. The van der Waals surface area contributed by atoms with Gasteiger partial charge in [0.1, 0.15) is 0 Å². The van der Waals surface area contributed by atoms with Crippen LogP contribution in [0.5, 0.6) is 0 Å². The Morgan fingerprint density at radius 3 is 1.50 bits per heavy atom. The van der Waals surface area contributed by atoms with Crippen LogP contribution in [0.25, 0.3) is 0 Å². The molecule has 0 spiro atoms. The van der Waals surface area contributed by atoms with Crippen molar-refractivity contribution in [3.05, 3.63) is 0 Å². The summed E-state index contributed by atoms with van der Waals surface area (Å²) in [5.41, 5.74) is 0. The minimum Gasteiger partial charge on any atom is -0.269 e. The Morgan fingerprint density at radius 1 is 0.917 bits per heavy atom. The Balaban J connectivity index is 0. The van der Waals surface area contributed by atoms with E-state index in [1.165, 1.54) is 25.9 Å². The molecule has 0 aromatic rings. The van der Waals surface area contributed by atoms with Crippen LogP contribution in [0.2, 0.25) is 0 Å². The molecule has 0 aliphatic heterocycles. The summed E-state index contributed by atoms with van der Waals surface area (Å²) >= 11 is -0.573. The van der Waals surface area contributed by atoms with E-state index in [1.54, 1.807) is 0 Å². The van der Waals surface area contributed by atoms with E-state index < -0.39 is 37.5 Å². The summed E-state index contributed by atoms with van der Waals surface area (Å²) in [4.78, 5) is 0. The van der Waals surface area contributed by atoms with Crippen LogP contribution in [0, 0.1) is 37.5 Å². The van der Waals surface area contributed by atoms with Gasteiger partial charge in [-0.3, -0.25) is 4.70 Å². The van der Waals surface area contributed by atoms with Crippen molar-refractivity contribution in [2.75, 3.05) is 27.2 Å². The molecule has 0 rings (SSSR count). The number of hydrogen-bond acceptors (Lipinski definition) is 2. The van der Waals surface area contributed by atoms with E-state index in [0.717, 1.165) is 0 Å².